The normalized spacial score (nSPS) is 11.1. The molecule has 0 atom stereocenters. The molecule has 60 heavy (non-hydrogen) atoms. The summed E-state index contributed by atoms with van der Waals surface area (Å²) in [6.45, 7) is 1.97. The van der Waals surface area contributed by atoms with Gasteiger partial charge >= 0.3 is 0 Å². The Bertz CT molecular complexity index is 2510. The number of aromatic nitrogens is 8. The van der Waals surface area contributed by atoms with E-state index < -0.39 is 12.4 Å². The first kappa shape index (κ1) is 47.1. The summed E-state index contributed by atoms with van der Waals surface area (Å²) in [7, 11) is 1.59. The van der Waals surface area contributed by atoms with Crippen LogP contribution in [0.2, 0.25) is 0 Å². The van der Waals surface area contributed by atoms with Gasteiger partial charge < -0.3 is 22.4 Å². The number of halogens is 9. The third-order valence-electron chi connectivity index (χ3n) is 7.19. The number of ether oxygens (including phenoxy) is 1. The Morgan fingerprint density at radius 1 is 0.533 bits per heavy atom. The molecular weight excluding hydrogens is 1010 g/mol. The fourth-order valence-electron chi connectivity index (χ4n) is 4.45. The van der Waals surface area contributed by atoms with Crippen molar-refractivity contribution < 1.29 is 22.4 Å². The maximum Gasteiger partial charge on any atom is 0.268 e. The number of aryl methyl sites for hydroxylation is 1. The maximum atomic E-state index is 5.63. The fraction of sp³-hybridized carbons (Fsp3) is 0.158. The molecule has 22 heteroatoms. The van der Waals surface area contributed by atoms with E-state index in [9.17, 15) is 0 Å². The van der Waals surface area contributed by atoms with Gasteiger partial charge in [-0.2, -0.15) is 0 Å². The van der Waals surface area contributed by atoms with Gasteiger partial charge in [-0.1, -0.05) is 163 Å². The highest BCUT2D eigenvalue weighted by Crippen LogP contribution is 2.39. The minimum atomic E-state index is -1.71. The zero-order valence-electron chi connectivity index (χ0n) is 30.7. The highest BCUT2D eigenvalue weighted by atomic mass is 79.9. The summed E-state index contributed by atoms with van der Waals surface area (Å²) in [6, 6.07) is 33.8. The standard InChI is InChI=1S/C10H7Cl3N2O2.C10H7Cl3N2O.C9H7BrN2O.C9H6Cl2N2O/c1-16-7-4-2-6(3-5-7)8-14-15-9(17-8)10(11,12)13;1-6-3-2-4-7(5-6)8-14-15-9(16-8)10(11,12)13;10-6-8-11-12-9(13-8)7-4-2-1-3-5-7;10-7(11)9-13-12-8(14-9)6-4-2-1-3-5-6/h2-5H,1H3;2-5H,1H3;1-5H,6H2;1-5,7H. The molecule has 312 valence electrons. The van der Waals surface area contributed by atoms with Gasteiger partial charge in [0.1, 0.15) is 5.75 Å². The zero-order valence-corrected chi connectivity index (χ0v) is 38.3. The topological polar surface area (TPSA) is 165 Å². The van der Waals surface area contributed by atoms with E-state index >= 15 is 0 Å². The molecule has 0 saturated heterocycles. The average Bonchev–Trinajstić information content (AvgIpc) is 4.09. The van der Waals surface area contributed by atoms with Crippen LogP contribution in [0.1, 0.15) is 34.0 Å². The predicted octanol–water partition coefficient (Wildman–Crippen LogP) is 13.3. The van der Waals surface area contributed by atoms with Gasteiger partial charge in [-0.3, -0.25) is 0 Å². The van der Waals surface area contributed by atoms with E-state index in [1.165, 1.54) is 0 Å². The third-order valence-corrected chi connectivity index (χ3v) is 9.01. The van der Waals surface area contributed by atoms with Crippen molar-refractivity contribution in [1.82, 2.24) is 40.8 Å². The van der Waals surface area contributed by atoms with Crippen LogP contribution in [0.4, 0.5) is 0 Å². The van der Waals surface area contributed by atoms with Gasteiger partial charge in [0, 0.05) is 22.3 Å². The zero-order chi connectivity index (χ0) is 43.3. The van der Waals surface area contributed by atoms with Crippen LogP contribution in [0.25, 0.3) is 45.8 Å². The van der Waals surface area contributed by atoms with E-state index in [1.54, 1.807) is 31.4 Å². The molecule has 0 bridgehead atoms. The van der Waals surface area contributed by atoms with Crippen molar-refractivity contribution in [3.05, 3.63) is 138 Å². The van der Waals surface area contributed by atoms with Crippen LogP contribution in [0.15, 0.2) is 127 Å². The molecule has 0 aliphatic carbocycles. The first-order valence-electron chi connectivity index (χ1n) is 16.8. The highest BCUT2D eigenvalue weighted by Gasteiger charge is 2.31. The second kappa shape index (κ2) is 22.2. The van der Waals surface area contributed by atoms with Crippen LogP contribution in [0.3, 0.4) is 0 Å². The molecule has 0 saturated carbocycles. The summed E-state index contributed by atoms with van der Waals surface area (Å²) in [5.41, 5.74) is 4.40. The van der Waals surface area contributed by atoms with Gasteiger partial charge in [0.15, 0.2) is 4.84 Å². The van der Waals surface area contributed by atoms with Gasteiger partial charge in [-0.05, 0) is 67.6 Å². The number of rotatable bonds is 7. The molecule has 0 spiro atoms. The molecule has 0 amide bonds. The van der Waals surface area contributed by atoms with Crippen molar-refractivity contribution in [3.63, 3.8) is 0 Å². The first-order valence-corrected chi connectivity index (χ1v) is 21.0. The monoisotopic (exact) mass is 1030 g/mol. The summed E-state index contributed by atoms with van der Waals surface area (Å²) in [5, 5.41) is 30.8. The van der Waals surface area contributed by atoms with E-state index in [-0.39, 0.29) is 23.6 Å². The van der Waals surface area contributed by atoms with Gasteiger partial charge in [0.05, 0.1) is 12.4 Å². The van der Waals surface area contributed by atoms with Crippen molar-refractivity contribution in [3.8, 4) is 51.6 Å². The van der Waals surface area contributed by atoms with Gasteiger partial charge in [-0.25, -0.2) is 0 Å². The summed E-state index contributed by atoms with van der Waals surface area (Å²) in [6.07, 6.45) is 0. The van der Waals surface area contributed by atoms with Crippen LogP contribution in [-0.4, -0.2) is 47.9 Å². The van der Waals surface area contributed by atoms with Crippen LogP contribution in [0.5, 0.6) is 5.75 Å². The number of alkyl halides is 9. The molecule has 4 aromatic carbocycles. The lowest BCUT2D eigenvalue weighted by molar-refractivity contribution is 0.415. The smallest absolute Gasteiger partial charge is 0.268 e. The Hall–Kier alpha value is -3.96. The van der Waals surface area contributed by atoms with Crippen molar-refractivity contribution in [1.29, 1.82) is 0 Å². The highest BCUT2D eigenvalue weighted by molar-refractivity contribution is 9.08. The molecule has 4 aromatic heterocycles. The van der Waals surface area contributed by atoms with Gasteiger partial charge in [0.2, 0.25) is 35.3 Å². The number of benzene rings is 4. The van der Waals surface area contributed by atoms with Crippen molar-refractivity contribution in [2.24, 2.45) is 0 Å². The van der Waals surface area contributed by atoms with Crippen LogP contribution >= 0.6 is 109 Å². The van der Waals surface area contributed by atoms with E-state index in [0.717, 1.165) is 33.6 Å². The van der Waals surface area contributed by atoms with Crippen LogP contribution in [0, 0.1) is 6.92 Å². The van der Waals surface area contributed by atoms with Gasteiger partial charge in [0.25, 0.3) is 19.4 Å². The first-order chi connectivity index (χ1) is 28.6. The number of methoxy groups -OCH3 is 1. The van der Waals surface area contributed by atoms with Crippen molar-refractivity contribution >= 4 is 109 Å². The molecule has 8 rings (SSSR count). The van der Waals surface area contributed by atoms with E-state index in [4.69, 9.17) is 115 Å². The molecule has 8 aromatic rings. The van der Waals surface area contributed by atoms with Crippen molar-refractivity contribution in [2.75, 3.05) is 7.11 Å². The SMILES string of the molecule is BrCc1nnc(-c2ccccc2)o1.COc1ccc(-c2nnc(C(Cl)(Cl)Cl)o2)cc1.Cc1cccc(-c2nnc(C(Cl)(Cl)Cl)o2)c1.ClC(Cl)c1nnc(-c2ccccc2)o1. The Morgan fingerprint density at radius 3 is 1.42 bits per heavy atom. The lowest BCUT2D eigenvalue weighted by Crippen LogP contribution is -1.99. The maximum absolute atomic E-state index is 5.63. The second-order valence-corrected chi connectivity index (χ2v) is 17.8. The molecule has 13 nitrogen and oxygen atoms in total. The predicted molar refractivity (Wildman–Crippen MR) is 236 cm³/mol. The number of hydrogen-bond acceptors (Lipinski definition) is 13. The largest absolute Gasteiger partial charge is 0.497 e. The molecule has 0 fully saturated rings. The minimum absolute atomic E-state index is 0.0333. The second-order valence-electron chi connectivity index (χ2n) is 11.5. The fourth-order valence-corrected chi connectivity index (χ4v) is 5.31. The average molecular weight is 1040 g/mol. The van der Waals surface area contributed by atoms with Crippen LogP contribution in [-0.2, 0) is 12.9 Å². The summed E-state index contributed by atoms with van der Waals surface area (Å²) < 4.78 is 22.8. The van der Waals surface area contributed by atoms with Crippen LogP contribution < -0.4 is 4.74 Å². The molecular formula is C38H27BrCl8N8O5. The van der Waals surface area contributed by atoms with E-state index in [2.05, 4.69) is 56.7 Å². The molecule has 0 N–H and O–H groups in total. The lowest BCUT2D eigenvalue weighted by atomic mass is 10.1. The van der Waals surface area contributed by atoms with E-state index in [0.29, 0.717) is 28.9 Å². The number of hydrogen-bond donors (Lipinski definition) is 0. The molecule has 4 heterocycles. The lowest BCUT2D eigenvalue weighted by Gasteiger charge is -2.02. The molecule has 0 aliphatic heterocycles. The summed E-state index contributed by atoms with van der Waals surface area (Å²) >= 11 is 48.1. The summed E-state index contributed by atoms with van der Waals surface area (Å²) in [5.74, 6) is 3.06. The quantitative estimate of drug-likeness (QED) is 0.139. The molecule has 0 radical (unpaired) electrons. The third kappa shape index (κ3) is 14.0. The molecule has 0 unspecified atom stereocenters. The van der Waals surface area contributed by atoms with Gasteiger partial charge in [-0.15, -0.1) is 40.8 Å². The van der Waals surface area contributed by atoms with E-state index in [1.807, 2.05) is 91.9 Å². The summed E-state index contributed by atoms with van der Waals surface area (Å²) in [4.78, 5) is -0.778. The Balaban J connectivity index is 0.000000152. The Morgan fingerprint density at radius 2 is 0.983 bits per heavy atom. The minimum Gasteiger partial charge on any atom is -0.497 e. The number of nitrogens with zero attached hydrogens (tertiary/aromatic N) is 8. The van der Waals surface area contributed by atoms with Crippen molar-refractivity contribution in [2.45, 2.75) is 24.7 Å². The molecule has 0 aliphatic rings. The Kier molecular flexibility index (Phi) is 17.4. The Labute approximate surface area is 390 Å².